The first kappa shape index (κ1) is 15.3. The van der Waals surface area contributed by atoms with E-state index >= 15 is 0 Å². The number of likely N-dealkylation sites (N-methyl/N-ethyl adjacent to an activating group) is 1. The normalized spacial score (nSPS) is 19.6. The molecule has 1 aliphatic heterocycles. The van der Waals surface area contributed by atoms with Gasteiger partial charge in [0.1, 0.15) is 5.75 Å². The summed E-state index contributed by atoms with van der Waals surface area (Å²) in [6.45, 7) is 8.13. The third-order valence-electron chi connectivity index (χ3n) is 3.89. The Hall–Kier alpha value is -1.10. The predicted octanol–water partition coefficient (Wildman–Crippen LogP) is 1.72. The minimum atomic E-state index is 0.0150. The number of para-hydroxylation sites is 1. The van der Waals surface area contributed by atoms with Crippen molar-refractivity contribution in [1.82, 2.24) is 9.80 Å². The van der Waals surface area contributed by atoms with Crippen molar-refractivity contribution in [2.24, 2.45) is 5.73 Å². The summed E-state index contributed by atoms with van der Waals surface area (Å²) in [6.07, 6.45) is 1.22. The lowest BCUT2D eigenvalue weighted by Crippen LogP contribution is -2.35. The molecule has 2 rings (SSSR count). The Morgan fingerprint density at radius 3 is 2.80 bits per heavy atom. The zero-order chi connectivity index (χ0) is 14.4. The number of hydrogen-bond acceptors (Lipinski definition) is 4. The molecule has 0 bridgehead atoms. The van der Waals surface area contributed by atoms with Crippen LogP contribution in [0.4, 0.5) is 0 Å². The van der Waals surface area contributed by atoms with Gasteiger partial charge in [-0.1, -0.05) is 18.2 Å². The quantitative estimate of drug-likeness (QED) is 0.890. The first-order chi connectivity index (χ1) is 9.70. The van der Waals surface area contributed by atoms with Crippen LogP contribution in [0, 0.1) is 0 Å². The molecule has 0 radical (unpaired) electrons. The number of benzene rings is 1. The largest absolute Gasteiger partial charge is 0.494 e. The van der Waals surface area contributed by atoms with Crippen molar-refractivity contribution in [3.05, 3.63) is 29.8 Å². The second-order valence-electron chi connectivity index (χ2n) is 5.53. The van der Waals surface area contributed by atoms with Crippen LogP contribution in [0.15, 0.2) is 24.3 Å². The maximum absolute atomic E-state index is 6.41. The van der Waals surface area contributed by atoms with Crippen molar-refractivity contribution in [2.75, 3.05) is 46.4 Å². The fourth-order valence-electron chi connectivity index (χ4n) is 2.73. The van der Waals surface area contributed by atoms with Crippen LogP contribution >= 0.6 is 0 Å². The van der Waals surface area contributed by atoms with Crippen molar-refractivity contribution in [2.45, 2.75) is 19.4 Å². The topological polar surface area (TPSA) is 41.7 Å². The average Bonchev–Trinajstić information content (AvgIpc) is 2.65. The third-order valence-corrected chi connectivity index (χ3v) is 3.89. The average molecular weight is 277 g/mol. The molecular formula is C16H27N3O. The third kappa shape index (κ3) is 4.20. The van der Waals surface area contributed by atoms with Gasteiger partial charge in [0, 0.05) is 31.2 Å². The Morgan fingerprint density at radius 1 is 1.20 bits per heavy atom. The first-order valence-corrected chi connectivity index (χ1v) is 7.59. The highest BCUT2D eigenvalue weighted by Crippen LogP contribution is 2.24. The molecule has 4 nitrogen and oxygen atoms in total. The molecule has 20 heavy (non-hydrogen) atoms. The van der Waals surface area contributed by atoms with Crippen LogP contribution in [-0.2, 0) is 0 Å². The van der Waals surface area contributed by atoms with E-state index < -0.39 is 0 Å². The molecule has 0 saturated carbocycles. The van der Waals surface area contributed by atoms with Gasteiger partial charge in [-0.15, -0.1) is 0 Å². The van der Waals surface area contributed by atoms with Gasteiger partial charge < -0.3 is 20.3 Å². The molecule has 0 spiro atoms. The summed E-state index contributed by atoms with van der Waals surface area (Å²) in [7, 11) is 2.19. The molecule has 1 aliphatic rings. The van der Waals surface area contributed by atoms with Crippen LogP contribution in [0.2, 0.25) is 0 Å². The lowest BCUT2D eigenvalue weighted by atomic mass is 10.1. The molecule has 0 aromatic heterocycles. The van der Waals surface area contributed by atoms with E-state index in [-0.39, 0.29) is 6.04 Å². The molecule has 1 unspecified atom stereocenters. The van der Waals surface area contributed by atoms with Crippen LogP contribution in [0.3, 0.4) is 0 Å². The summed E-state index contributed by atoms with van der Waals surface area (Å²) < 4.78 is 5.68. The monoisotopic (exact) mass is 277 g/mol. The molecule has 112 valence electrons. The number of hydrogen-bond donors (Lipinski definition) is 1. The summed E-state index contributed by atoms with van der Waals surface area (Å²) in [4.78, 5) is 4.86. The Labute approximate surface area is 122 Å². The minimum Gasteiger partial charge on any atom is -0.494 e. The van der Waals surface area contributed by atoms with Gasteiger partial charge >= 0.3 is 0 Å². The molecular weight excluding hydrogens is 250 g/mol. The van der Waals surface area contributed by atoms with E-state index in [2.05, 4.69) is 22.9 Å². The number of rotatable bonds is 5. The number of nitrogens with zero attached hydrogens (tertiary/aromatic N) is 2. The zero-order valence-electron chi connectivity index (χ0n) is 12.7. The van der Waals surface area contributed by atoms with E-state index in [9.17, 15) is 0 Å². The van der Waals surface area contributed by atoms with Crippen LogP contribution in [0.5, 0.6) is 5.75 Å². The highest BCUT2D eigenvalue weighted by molar-refractivity contribution is 5.35. The molecule has 1 heterocycles. The van der Waals surface area contributed by atoms with Gasteiger partial charge in [-0.05, 0) is 39.5 Å². The van der Waals surface area contributed by atoms with E-state index in [1.54, 1.807) is 0 Å². The molecule has 2 N–H and O–H groups in total. The lowest BCUT2D eigenvalue weighted by Gasteiger charge is -2.25. The van der Waals surface area contributed by atoms with Crippen LogP contribution in [0.25, 0.3) is 0 Å². The number of nitrogens with two attached hydrogens (primary N) is 1. The van der Waals surface area contributed by atoms with Crippen molar-refractivity contribution >= 4 is 0 Å². The van der Waals surface area contributed by atoms with E-state index in [0.717, 1.165) is 37.5 Å². The van der Waals surface area contributed by atoms with Crippen molar-refractivity contribution in [1.29, 1.82) is 0 Å². The Kier molecular flexibility index (Phi) is 5.83. The summed E-state index contributed by atoms with van der Waals surface area (Å²) in [5.74, 6) is 0.925. The van der Waals surface area contributed by atoms with E-state index in [0.29, 0.717) is 6.61 Å². The van der Waals surface area contributed by atoms with Crippen molar-refractivity contribution in [3.8, 4) is 5.75 Å². The second-order valence-corrected chi connectivity index (χ2v) is 5.53. The molecule has 0 aliphatic carbocycles. The predicted molar refractivity (Wildman–Crippen MR) is 83.1 cm³/mol. The lowest BCUT2D eigenvalue weighted by molar-refractivity contribution is 0.258. The van der Waals surface area contributed by atoms with Gasteiger partial charge in [-0.25, -0.2) is 0 Å². The molecule has 1 fully saturated rings. The summed E-state index contributed by atoms with van der Waals surface area (Å²) in [5.41, 5.74) is 7.52. The van der Waals surface area contributed by atoms with Crippen LogP contribution in [0.1, 0.15) is 24.9 Å². The van der Waals surface area contributed by atoms with E-state index in [4.69, 9.17) is 10.5 Å². The van der Waals surface area contributed by atoms with E-state index in [1.807, 2.05) is 25.1 Å². The SMILES string of the molecule is CCOc1ccccc1C(N)CN1CCCN(C)CC1. The van der Waals surface area contributed by atoms with Crippen LogP contribution in [-0.4, -0.2) is 56.2 Å². The maximum Gasteiger partial charge on any atom is 0.124 e. The van der Waals surface area contributed by atoms with Gasteiger partial charge in [-0.3, -0.25) is 0 Å². The summed E-state index contributed by atoms with van der Waals surface area (Å²) >= 11 is 0. The number of ether oxygens (including phenoxy) is 1. The Morgan fingerprint density at radius 2 is 2.00 bits per heavy atom. The van der Waals surface area contributed by atoms with E-state index in [1.165, 1.54) is 13.0 Å². The second kappa shape index (κ2) is 7.62. The smallest absolute Gasteiger partial charge is 0.124 e. The Balaban J connectivity index is 1.98. The molecule has 1 aromatic carbocycles. The standard InChI is InChI=1S/C16H27N3O/c1-3-20-16-8-5-4-7-14(16)15(17)13-19-10-6-9-18(2)11-12-19/h4-5,7-8,15H,3,6,9-13,17H2,1-2H3. The molecule has 1 atom stereocenters. The molecule has 1 aromatic rings. The van der Waals surface area contributed by atoms with Crippen molar-refractivity contribution in [3.63, 3.8) is 0 Å². The minimum absolute atomic E-state index is 0.0150. The summed E-state index contributed by atoms with van der Waals surface area (Å²) in [5, 5.41) is 0. The Bertz CT molecular complexity index is 410. The zero-order valence-corrected chi connectivity index (χ0v) is 12.7. The summed E-state index contributed by atoms with van der Waals surface area (Å²) in [6, 6.07) is 8.14. The highest BCUT2D eigenvalue weighted by atomic mass is 16.5. The maximum atomic E-state index is 6.41. The molecule has 1 saturated heterocycles. The molecule has 4 heteroatoms. The van der Waals surface area contributed by atoms with Crippen molar-refractivity contribution < 1.29 is 4.74 Å². The highest BCUT2D eigenvalue weighted by Gasteiger charge is 2.18. The van der Waals surface area contributed by atoms with Gasteiger partial charge in [0.2, 0.25) is 0 Å². The van der Waals surface area contributed by atoms with Crippen LogP contribution < -0.4 is 10.5 Å². The fraction of sp³-hybridized carbons (Fsp3) is 0.625. The van der Waals surface area contributed by atoms with Gasteiger partial charge in [0.05, 0.1) is 6.61 Å². The van der Waals surface area contributed by atoms with Gasteiger partial charge in [-0.2, -0.15) is 0 Å². The van der Waals surface area contributed by atoms with Gasteiger partial charge in [0.25, 0.3) is 0 Å². The first-order valence-electron chi connectivity index (χ1n) is 7.59. The fourth-order valence-corrected chi connectivity index (χ4v) is 2.73. The van der Waals surface area contributed by atoms with Gasteiger partial charge in [0.15, 0.2) is 0 Å². The molecule has 0 amide bonds.